The molecule has 11 heteroatoms. The SMILES string of the molecule is CC/C=C\C/C=C\C/C=C\C/C=C\C/C=C\C/C=C\CCC(=O)O[C@H](COC(=O)CCCCCCCCCCCCC)COP(=O)(O)OC[C@@H](O)CO. The molecule has 0 aliphatic heterocycles. The molecule has 3 atom stereocenters. The van der Waals surface area contributed by atoms with Crippen LogP contribution in [0.15, 0.2) is 72.9 Å². The smallest absolute Gasteiger partial charge is 0.462 e. The lowest BCUT2D eigenvalue weighted by Crippen LogP contribution is -2.29. The molecule has 0 spiro atoms. The van der Waals surface area contributed by atoms with Crippen LogP contribution in [0.5, 0.6) is 0 Å². The van der Waals surface area contributed by atoms with Crippen molar-refractivity contribution in [2.45, 2.75) is 154 Å². The number of esters is 2. The van der Waals surface area contributed by atoms with Gasteiger partial charge in [0.2, 0.25) is 0 Å². The van der Waals surface area contributed by atoms with E-state index in [2.05, 4.69) is 79.1 Å². The second kappa shape index (κ2) is 37.7. The first-order valence-electron chi connectivity index (χ1n) is 19.9. The normalized spacial score (nSPS) is 14.7. The van der Waals surface area contributed by atoms with Crippen molar-refractivity contribution in [3.8, 4) is 0 Å². The van der Waals surface area contributed by atoms with Crippen LogP contribution in [-0.2, 0) is 32.7 Å². The predicted octanol–water partition coefficient (Wildman–Crippen LogP) is 10.1. The van der Waals surface area contributed by atoms with Crippen LogP contribution in [0.2, 0.25) is 0 Å². The predicted molar refractivity (Wildman–Crippen MR) is 214 cm³/mol. The van der Waals surface area contributed by atoms with Gasteiger partial charge in [0.1, 0.15) is 12.7 Å². The molecule has 53 heavy (non-hydrogen) atoms. The molecule has 0 bridgehead atoms. The maximum absolute atomic E-state index is 12.5. The first-order chi connectivity index (χ1) is 25.7. The molecular formula is C42H71O10P. The summed E-state index contributed by atoms with van der Waals surface area (Å²) in [6.07, 6.45) is 41.7. The number of ether oxygens (including phenoxy) is 2. The lowest BCUT2D eigenvalue weighted by atomic mass is 10.1. The maximum Gasteiger partial charge on any atom is 0.472 e. The molecule has 0 fully saturated rings. The number of hydrogen-bond acceptors (Lipinski definition) is 9. The molecular weight excluding hydrogens is 695 g/mol. The Morgan fingerprint density at radius 1 is 0.585 bits per heavy atom. The summed E-state index contributed by atoms with van der Waals surface area (Å²) in [6.45, 7) is 2.14. The number of unbranched alkanes of at least 4 members (excludes halogenated alkanes) is 10. The fourth-order valence-corrected chi connectivity index (χ4v) is 5.63. The van der Waals surface area contributed by atoms with Gasteiger partial charge in [-0.1, -0.05) is 151 Å². The zero-order chi connectivity index (χ0) is 39.1. The number of allylic oxidation sites excluding steroid dienone is 12. The van der Waals surface area contributed by atoms with Crippen LogP contribution in [0.4, 0.5) is 0 Å². The first kappa shape index (κ1) is 50.4. The van der Waals surface area contributed by atoms with E-state index < -0.39 is 51.8 Å². The molecule has 0 radical (unpaired) electrons. The van der Waals surface area contributed by atoms with Crippen molar-refractivity contribution >= 4 is 19.8 Å². The molecule has 0 aromatic rings. The highest BCUT2D eigenvalue weighted by molar-refractivity contribution is 7.47. The van der Waals surface area contributed by atoms with Crippen LogP contribution >= 0.6 is 7.82 Å². The molecule has 10 nitrogen and oxygen atoms in total. The highest BCUT2D eigenvalue weighted by Crippen LogP contribution is 2.43. The third kappa shape index (κ3) is 37.5. The quantitative estimate of drug-likeness (QED) is 0.0243. The highest BCUT2D eigenvalue weighted by Gasteiger charge is 2.27. The van der Waals surface area contributed by atoms with Gasteiger partial charge in [0.25, 0.3) is 0 Å². The van der Waals surface area contributed by atoms with E-state index in [1.54, 1.807) is 0 Å². The van der Waals surface area contributed by atoms with E-state index in [0.717, 1.165) is 57.8 Å². The fourth-order valence-electron chi connectivity index (χ4n) is 4.84. The van der Waals surface area contributed by atoms with Crippen molar-refractivity contribution in [3.05, 3.63) is 72.9 Å². The van der Waals surface area contributed by atoms with Crippen molar-refractivity contribution in [1.29, 1.82) is 0 Å². The fraction of sp³-hybridized carbons (Fsp3) is 0.667. The Morgan fingerprint density at radius 3 is 1.53 bits per heavy atom. The summed E-state index contributed by atoms with van der Waals surface area (Å²) in [5.41, 5.74) is 0. The molecule has 1 unspecified atom stereocenters. The van der Waals surface area contributed by atoms with E-state index in [0.29, 0.717) is 12.8 Å². The van der Waals surface area contributed by atoms with Gasteiger partial charge in [0, 0.05) is 12.8 Å². The van der Waals surface area contributed by atoms with Crippen LogP contribution in [0.1, 0.15) is 142 Å². The topological polar surface area (TPSA) is 149 Å². The number of hydrogen-bond donors (Lipinski definition) is 3. The number of phosphoric acid groups is 1. The standard InChI is InChI=1S/C42H71O10P/c1-3-5-7-9-11-13-15-16-17-18-19-20-21-22-24-26-28-30-32-34-42(46)52-40(38-51-53(47,48)50-36-39(44)35-43)37-49-41(45)33-31-29-27-25-23-14-12-10-8-6-4-2/h5,7,11,13,16-17,19-20,22,24,28,30,39-40,43-44H,3-4,6,8-10,12,14-15,18,21,23,25-27,29,31-38H2,1-2H3,(H,47,48)/b7-5-,13-11-,17-16-,20-19-,24-22-,30-28-/t39-,40+/m0/s1. The van der Waals surface area contributed by atoms with Gasteiger partial charge in [-0.05, 0) is 51.4 Å². The Morgan fingerprint density at radius 2 is 1.04 bits per heavy atom. The molecule has 0 heterocycles. The average molecular weight is 767 g/mol. The Bertz CT molecular complexity index is 1110. The zero-order valence-corrected chi connectivity index (χ0v) is 33.6. The maximum atomic E-state index is 12.5. The Labute approximate surface area is 320 Å². The van der Waals surface area contributed by atoms with Crippen LogP contribution in [0.3, 0.4) is 0 Å². The Kier molecular flexibility index (Phi) is 35.9. The van der Waals surface area contributed by atoms with Crippen molar-refractivity contribution < 1.29 is 47.8 Å². The van der Waals surface area contributed by atoms with E-state index in [1.807, 2.05) is 12.2 Å². The van der Waals surface area contributed by atoms with E-state index in [-0.39, 0.29) is 19.4 Å². The number of aliphatic hydroxyl groups is 2. The van der Waals surface area contributed by atoms with Crippen LogP contribution in [0, 0.1) is 0 Å². The van der Waals surface area contributed by atoms with Crippen molar-refractivity contribution in [3.63, 3.8) is 0 Å². The summed E-state index contributed by atoms with van der Waals surface area (Å²) in [5.74, 6) is -1.03. The third-order valence-electron chi connectivity index (χ3n) is 7.89. The molecule has 304 valence electrons. The number of aliphatic hydroxyl groups excluding tert-OH is 2. The Balaban J connectivity index is 4.49. The van der Waals surface area contributed by atoms with E-state index >= 15 is 0 Å². The molecule has 0 aromatic carbocycles. The molecule has 0 rings (SSSR count). The summed E-state index contributed by atoms with van der Waals surface area (Å²) in [6, 6.07) is 0. The summed E-state index contributed by atoms with van der Waals surface area (Å²) >= 11 is 0. The van der Waals surface area contributed by atoms with Crippen molar-refractivity contribution in [2.75, 3.05) is 26.4 Å². The van der Waals surface area contributed by atoms with E-state index in [9.17, 15) is 24.2 Å². The minimum absolute atomic E-state index is 0.0569. The van der Waals surface area contributed by atoms with Crippen molar-refractivity contribution in [1.82, 2.24) is 0 Å². The number of phosphoric ester groups is 1. The summed E-state index contributed by atoms with van der Waals surface area (Å²) in [4.78, 5) is 34.8. The number of carbonyl (C=O) groups is 2. The highest BCUT2D eigenvalue weighted by atomic mass is 31.2. The van der Waals surface area contributed by atoms with Gasteiger partial charge < -0.3 is 24.6 Å². The molecule has 0 amide bonds. The van der Waals surface area contributed by atoms with E-state index in [1.165, 1.54) is 44.9 Å². The van der Waals surface area contributed by atoms with Gasteiger partial charge in [-0.15, -0.1) is 0 Å². The van der Waals surface area contributed by atoms with Gasteiger partial charge in [-0.25, -0.2) is 4.57 Å². The van der Waals surface area contributed by atoms with E-state index in [4.69, 9.17) is 19.1 Å². The lowest BCUT2D eigenvalue weighted by Gasteiger charge is -2.20. The average Bonchev–Trinajstić information content (AvgIpc) is 3.14. The number of carbonyl (C=O) groups excluding carboxylic acids is 2. The van der Waals surface area contributed by atoms with Crippen LogP contribution in [0.25, 0.3) is 0 Å². The summed E-state index contributed by atoms with van der Waals surface area (Å²) in [5, 5.41) is 18.3. The molecule has 0 aliphatic rings. The van der Waals surface area contributed by atoms with Crippen molar-refractivity contribution in [2.24, 2.45) is 0 Å². The Hall–Kier alpha value is -2.59. The van der Waals surface area contributed by atoms with Gasteiger partial charge in [-0.3, -0.25) is 18.6 Å². The molecule has 0 saturated heterocycles. The third-order valence-corrected chi connectivity index (χ3v) is 8.84. The monoisotopic (exact) mass is 766 g/mol. The molecule has 0 aliphatic carbocycles. The minimum Gasteiger partial charge on any atom is -0.462 e. The van der Waals surface area contributed by atoms with Gasteiger partial charge in [0.15, 0.2) is 6.10 Å². The minimum atomic E-state index is -4.63. The molecule has 0 saturated carbocycles. The van der Waals surface area contributed by atoms with Crippen LogP contribution < -0.4 is 0 Å². The molecule has 0 aromatic heterocycles. The first-order valence-corrected chi connectivity index (χ1v) is 21.4. The van der Waals surface area contributed by atoms with Crippen LogP contribution in [-0.4, -0.2) is 65.7 Å². The van der Waals surface area contributed by atoms with Gasteiger partial charge in [-0.2, -0.15) is 0 Å². The second-order valence-electron chi connectivity index (χ2n) is 12.9. The summed E-state index contributed by atoms with van der Waals surface area (Å²) in [7, 11) is -4.63. The number of rotatable bonds is 36. The van der Waals surface area contributed by atoms with Gasteiger partial charge >= 0.3 is 19.8 Å². The molecule has 3 N–H and O–H groups in total. The van der Waals surface area contributed by atoms with Gasteiger partial charge in [0.05, 0.1) is 19.8 Å². The largest absolute Gasteiger partial charge is 0.472 e. The summed E-state index contributed by atoms with van der Waals surface area (Å²) < 4.78 is 32.5. The lowest BCUT2D eigenvalue weighted by molar-refractivity contribution is -0.161. The zero-order valence-electron chi connectivity index (χ0n) is 32.7. The second-order valence-corrected chi connectivity index (χ2v) is 14.4.